The van der Waals surface area contributed by atoms with Gasteiger partial charge in [-0.15, -0.1) is 5.10 Å². The van der Waals surface area contributed by atoms with Crippen LogP contribution in [0, 0.1) is 13.8 Å². The number of hydrogen-bond donors (Lipinski definition) is 0. The first-order valence-corrected chi connectivity index (χ1v) is 4.15. The normalized spacial score (nSPS) is 11.2. The topological polar surface area (TPSA) is 31.0 Å². The first-order valence-electron chi connectivity index (χ1n) is 4.15. The second-order valence-electron chi connectivity index (χ2n) is 3.00. The summed E-state index contributed by atoms with van der Waals surface area (Å²) in [6.07, 6.45) is 1.75. The molecule has 0 radical (unpaired) electrons. The van der Waals surface area contributed by atoms with Crippen molar-refractivity contribution in [2.45, 2.75) is 27.3 Å². The van der Waals surface area contributed by atoms with Gasteiger partial charge in [0, 0.05) is 12.2 Å². The molecule has 2 rings (SSSR count). The number of rotatable bonds is 1. The van der Waals surface area contributed by atoms with Gasteiger partial charge in [0.2, 0.25) is 5.71 Å². The Labute approximate surface area is 71.0 Å². The Kier molecular flexibility index (Phi) is 1.46. The Bertz CT molecular complexity index is 411. The van der Waals surface area contributed by atoms with Gasteiger partial charge >= 0.3 is 0 Å². The molecule has 0 aromatic carbocycles. The van der Waals surface area contributed by atoms with E-state index in [1.54, 1.807) is 6.26 Å². The third-order valence-corrected chi connectivity index (χ3v) is 2.22. The fourth-order valence-corrected chi connectivity index (χ4v) is 1.57. The lowest BCUT2D eigenvalue weighted by molar-refractivity contribution is 0.566. The van der Waals surface area contributed by atoms with E-state index in [1.807, 2.05) is 11.6 Å². The number of hydrogen-bond acceptors (Lipinski definition) is 2. The highest BCUT2D eigenvalue weighted by Crippen LogP contribution is 2.22. The predicted molar refractivity (Wildman–Crippen MR) is 47.1 cm³/mol. The standard InChI is InChI=1S/C9H12N2O/c1-4-11-7(3)8-6(2)5-12-9(8)10-11/h5H,4H2,1-3H3. The van der Waals surface area contributed by atoms with E-state index in [4.69, 9.17) is 4.42 Å². The van der Waals surface area contributed by atoms with Crippen molar-refractivity contribution < 1.29 is 4.42 Å². The van der Waals surface area contributed by atoms with Crippen LogP contribution in [0.2, 0.25) is 0 Å². The summed E-state index contributed by atoms with van der Waals surface area (Å²) in [5.74, 6) is 0. The number of aromatic nitrogens is 2. The van der Waals surface area contributed by atoms with Crippen LogP contribution in [-0.4, -0.2) is 9.78 Å². The van der Waals surface area contributed by atoms with Crippen LogP contribution >= 0.6 is 0 Å². The van der Waals surface area contributed by atoms with Crippen molar-refractivity contribution >= 4 is 11.1 Å². The molecule has 3 nitrogen and oxygen atoms in total. The van der Waals surface area contributed by atoms with Crippen molar-refractivity contribution in [2.24, 2.45) is 0 Å². The maximum Gasteiger partial charge on any atom is 0.245 e. The van der Waals surface area contributed by atoms with Gasteiger partial charge in [-0.3, -0.25) is 4.68 Å². The summed E-state index contributed by atoms with van der Waals surface area (Å²) in [6.45, 7) is 7.09. The zero-order chi connectivity index (χ0) is 8.72. The summed E-state index contributed by atoms with van der Waals surface area (Å²) in [5.41, 5.74) is 3.12. The van der Waals surface area contributed by atoms with Gasteiger partial charge in [0.25, 0.3) is 0 Å². The fraction of sp³-hybridized carbons (Fsp3) is 0.444. The number of furan rings is 1. The van der Waals surface area contributed by atoms with Gasteiger partial charge in [-0.1, -0.05) is 0 Å². The lowest BCUT2D eigenvalue weighted by atomic mass is 10.2. The molecule has 0 aliphatic heterocycles. The maximum absolute atomic E-state index is 5.28. The van der Waals surface area contributed by atoms with E-state index in [0.29, 0.717) is 0 Å². The van der Waals surface area contributed by atoms with Gasteiger partial charge in [0.05, 0.1) is 11.6 Å². The molecule has 0 bridgehead atoms. The fourth-order valence-electron chi connectivity index (χ4n) is 1.57. The third kappa shape index (κ3) is 0.793. The Hall–Kier alpha value is -1.25. The predicted octanol–water partition coefficient (Wildman–Crippen LogP) is 2.27. The molecule has 0 amide bonds. The van der Waals surface area contributed by atoms with Crippen molar-refractivity contribution in [3.05, 3.63) is 17.5 Å². The highest BCUT2D eigenvalue weighted by molar-refractivity contribution is 5.80. The Morgan fingerprint density at radius 3 is 2.83 bits per heavy atom. The molecule has 3 heteroatoms. The highest BCUT2D eigenvalue weighted by Gasteiger charge is 2.11. The van der Waals surface area contributed by atoms with Gasteiger partial charge in [-0.2, -0.15) is 0 Å². The van der Waals surface area contributed by atoms with Gasteiger partial charge in [0.15, 0.2) is 0 Å². The summed E-state index contributed by atoms with van der Waals surface area (Å²) >= 11 is 0. The van der Waals surface area contributed by atoms with E-state index < -0.39 is 0 Å². The molecule has 0 saturated carbocycles. The molecule has 0 unspecified atom stereocenters. The summed E-state index contributed by atoms with van der Waals surface area (Å²) in [4.78, 5) is 0. The molecule has 0 saturated heterocycles. The van der Waals surface area contributed by atoms with E-state index in [9.17, 15) is 0 Å². The first-order chi connectivity index (χ1) is 5.74. The molecular weight excluding hydrogens is 152 g/mol. The largest absolute Gasteiger partial charge is 0.445 e. The number of nitrogens with zero attached hydrogens (tertiary/aromatic N) is 2. The van der Waals surface area contributed by atoms with Gasteiger partial charge in [-0.05, 0) is 26.3 Å². The SMILES string of the molecule is CCn1nc2occ(C)c2c1C. The summed E-state index contributed by atoms with van der Waals surface area (Å²) in [5, 5.41) is 5.47. The van der Waals surface area contributed by atoms with E-state index >= 15 is 0 Å². The average molecular weight is 164 g/mol. The third-order valence-electron chi connectivity index (χ3n) is 2.22. The lowest BCUT2D eigenvalue weighted by Crippen LogP contribution is -1.98. The molecule has 2 aromatic rings. The van der Waals surface area contributed by atoms with E-state index in [2.05, 4.69) is 18.9 Å². The van der Waals surface area contributed by atoms with Crippen molar-refractivity contribution in [1.29, 1.82) is 0 Å². The second kappa shape index (κ2) is 2.37. The molecular formula is C9H12N2O. The minimum Gasteiger partial charge on any atom is -0.445 e. The van der Waals surface area contributed by atoms with Crippen LogP contribution < -0.4 is 0 Å². The van der Waals surface area contributed by atoms with E-state index in [-0.39, 0.29) is 0 Å². The zero-order valence-electron chi connectivity index (χ0n) is 7.59. The highest BCUT2D eigenvalue weighted by atomic mass is 16.3. The van der Waals surface area contributed by atoms with E-state index in [0.717, 1.165) is 17.6 Å². The van der Waals surface area contributed by atoms with Crippen LogP contribution in [0.4, 0.5) is 0 Å². The molecule has 0 fully saturated rings. The summed E-state index contributed by atoms with van der Waals surface area (Å²) in [7, 11) is 0. The summed E-state index contributed by atoms with van der Waals surface area (Å²) in [6, 6.07) is 0. The average Bonchev–Trinajstić information content (AvgIpc) is 2.55. The van der Waals surface area contributed by atoms with E-state index in [1.165, 1.54) is 11.3 Å². The van der Waals surface area contributed by atoms with Crippen molar-refractivity contribution in [1.82, 2.24) is 9.78 Å². The lowest BCUT2D eigenvalue weighted by Gasteiger charge is -1.96. The van der Waals surface area contributed by atoms with Crippen molar-refractivity contribution in [2.75, 3.05) is 0 Å². The van der Waals surface area contributed by atoms with Gasteiger partial charge in [0.1, 0.15) is 0 Å². The maximum atomic E-state index is 5.28. The van der Waals surface area contributed by atoms with Crippen LogP contribution in [-0.2, 0) is 6.54 Å². The molecule has 0 aliphatic rings. The zero-order valence-corrected chi connectivity index (χ0v) is 7.59. The van der Waals surface area contributed by atoms with Crippen molar-refractivity contribution in [3.8, 4) is 0 Å². The first kappa shape index (κ1) is 7.40. The summed E-state index contributed by atoms with van der Waals surface area (Å²) < 4.78 is 7.24. The molecule has 0 atom stereocenters. The number of aryl methyl sites for hydroxylation is 3. The Morgan fingerprint density at radius 2 is 2.25 bits per heavy atom. The van der Waals surface area contributed by atoms with Crippen LogP contribution in [0.25, 0.3) is 11.1 Å². The molecule has 2 heterocycles. The minimum atomic E-state index is 0.756. The molecule has 2 aromatic heterocycles. The van der Waals surface area contributed by atoms with Crippen LogP contribution in [0.5, 0.6) is 0 Å². The Balaban J connectivity index is 2.80. The molecule has 0 spiro atoms. The van der Waals surface area contributed by atoms with Crippen LogP contribution in [0.3, 0.4) is 0 Å². The monoisotopic (exact) mass is 164 g/mol. The van der Waals surface area contributed by atoms with Gasteiger partial charge in [-0.25, -0.2) is 0 Å². The van der Waals surface area contributed by atoms with Crippen LogP contribution in [0.1, 0.15) is 18.2 Å². The second-order valence-corrected chi connectivity index (χ2v) is 3.00. The quantitative estimate of drug-likeness (QED) is 0.647. The van der Waals surface area contributed by atoms with Gasteiger partial charge < -0.3 is 4.42 Å². The molecule has 0 aliphatic carbocycles. The number of fused-ring (bicyclic) bond motifs is 1. The van der Waals surface area contributed by atoms with Crippen LogP contribution in [0.15, 0.2) is 10.7 Å². The van der Waals surface area contributed by atoms with Crippen molar-refractivity contribution in [3.63, 3.8) is 0 Å². The molecule has 12 heavy (non-hydrogen) atoms. The minimum absolute atomic E-state index is 0.756. The molecule has 0 N–H and O–H groups in total. The smallest absolute Gasteiger partial charge is 0.245 e. The Morgan fingerprint density at radius 1 is 1.50 bits per heavy atom. The molecule has 64 valence electrons.